The van der Waals surface area contributed by atoms with Crippen LogP contribution in [0.25, 0.3) is 5.57 Å². The molecule has 0 aliphatic carbocycles. The number of allylic oxidation sites excluding steroid dienone is 1. The Morgan fingerprint density at radius 3 is 2.64 bits per heavy atom. The third-order valence-corrected chi connectivity index (χ3v) is 2.88. The summed E-state index contributed by atoms with van der Waals surface area (Å²) in [7, 11) is 0. The van der Waals surface area contributed by atoms with E-state index in [2.05, 4.69) is 31.9 Å². The van der Waals surface area contributed by atoms with Crippen molar-refractivity contribution < 1.29 is 9.90 Å². The Hall–Kier alpha value is -0.610. The average Bonchev–Trinajstić information content (AvgIpc) is 2.08. The first kappa shape index (κ1) is 11.5. The second-order valence-corrected chi connectivity index (χ2v) is 4.56. The number of carbonyl (C=O) groups is 1. The van der Waals surface area contributed by atoms with E-state index in [1.54, 1.807) is 6.92 Å². The Balaban J connectivity index is 3.18. The quantitative estimate of drug-likeness (QED) is 0.844. The van der Waals surface area contributed by atoms with Gasteiger partial charge < -0.3 is 5.11 Å². The highest BCUT2D eigenvalue weighted by Crippen LogP contribution is 2.27. The number of aliphatic carboxylic acids is 1. The molecule has 0 heterocycles. The maximum absolute atomic E-state index is 10.5. The second kappa shape index (κ2) is 4.75. The molecule has 14 heavy (non-hydrogen) atoms. The molecule has 0 aliphatic heterocycles. The van der Waals surface area contributed by atoms with Crippen molar-refractivity contribution in [2.75, 3.05) is 0 Å². The predicted octanol–water partition coefficient (Wildman–Crippen LogP) is 3.70. The minimum absolute atomic E-state index is 0.714. The first-order valence-electron chi connectivity index (χ1n) is 3.87. The van der Waals surface area contributed by atoms with Gasteiger partial charge in [-0.3, -0.25) is 0 Å². The van der Waals surface area contributed by atoms with Gasteiger partial charge >= 0.3 is 5.97 Å². The van der Waals surface area contributed by atoms with Crippen molar-refractivity contribution in [2.24, 2.45) is 0 Å². The van der Waals surface area contributed by atoms with Crippen LogP contribution in [0.3, 0.4) is 0 Å². The fourth-order valence-electron chi connectivity index (χ4n) is 1.06. The second-order valence-electron chi connectivity index (χ2n) is 2.79. The van der Waals surface area contributed by atoms with Crippen LogP contribution in [0, 0.1) is 0 Å². The zero-order valence-electron chi connectivity index (χ0n) is 7.42. The van der Waals surface area contributed by atoms with Crippen molar-refractivity contribution in [3.63, 3.8) is 0 Å². The van der Waals surface area contributed by atoms with Gasteiger partial charge in [0, 0.05) is 15.0 Å². The lowest BCUT2D eigenvalue weighted by Crippen LogP contribution is -1.90. The van der Waals surface area contributed by atoms with Crippen molar-refractivity contribution in [3.05, 3.63) is 38.8 Å². The molecule has 0 atom stereocenters. The van der Waals surface area contributed by atoms with Crippen LogP contribution in [-0.2, 0) is 4.79 Å². The monoisotopic (exact) mass is 318 g/mol. The van der Waals surface area contributed by atoms with E-state index in [4.69, 9.17) is 5.11 Å². The molecule has 0 spiro atoms. The average molecular weight is 320 g/mol. The van der Waals surface area contributed by atoms with E-state index in [1.807, 2.05) is 18.2 Å². The highest BCUT2D eigenvalue weighted by Gasteiger charge is 2.04. The highest BCUT2D eigenvalue weighted by atomic mass is 79.9. The van der Waals surface area contributed by atoms with Crippen molar-refractivity contribution in [3.8, 4) is 0 Å². The van der Waals surface area contributed by atoms with Crippen LogP contribution < -0.4 is 0 Å². The summed E-state index contributed by atoms with van der Waals surface area (Å²) in [6.07, 6.45) is 1.19. The molecule has 1 aromatic rings. The smallest absolute Gasteiger partial charge is 0.328 e. The number of carboxylic acid groups (broad SMARTS) is 1. The molecule has 1 rings (SSSR count). The number of hydrogen-bond donors (Lipinski definition) is 1. The molecular formula is C10H8Br2O2. The fourth-order valence-corrected chi connectivity index (χ4v) is 1.98. The summed E-state index contributed by atoms with van der Waals surface area (Å²) in [4.78, 5) is 10.5. The number of benzene rings is 1. The molecule has 0 saturated heterocycles. The van der Waals surface area contributed by atoms with Gasteiger partial charge in [0.2, 0.25) is 0 Å². The molecule has 0 fully saturated rings. The number of halogens is 2. The Kier molecular flexibility index (Phi) is 3.89. The summed E-state index contributed by atoms with van der Waals surface area (Å²) in [5.41, 5.74) is 1.59. The molecule has 0 amide bonds. The van der Waals surface area contributed by atoms with E-state index in [9.17, 15) is 4.79 Å². The minimum atomic E-state index is -0.936. The summed E-state index contributed by atoms with van der Waals surface area (Å²) in [6.45, 7) is 1.76. The summed E-state index contributed by atoms with van der Waals surface area (Å²) >= 11 is 6.70. The van der Waals surface area contributed by atoms with E-state index < -0.39 is 5.97 Å². The van der Waals surface area contributed by atoms with Crippen LogP contribution in [0.5, 0.6) is 0 Å². The Morgan fingerprint density at radius 1 is 1.43 bits per heavy atom. The molecule has 4 heteroatoms. The van der Waals surface area contributed by atoms with Crippen molar-refractivity contribution in [1.82, 2.24) is 0 Å². The molecule has 0 bridgehead atoms. The molecule has 2 nitrogen and oxygen atoms in total. The SMILES string of the molecule is C/C(=C\C(=O)O)c1cc(Br)ccc1Br. The van der Waals surface area contributed by atoms with Gasteiger partial charge in [0.25, 0.3) is 0 Å². The summed E-state index contributed by atoms with van der Waals surface area (Å²) in [5.74, 6) is -0.936. The molecule has 0 saturated carbocycles. The van der Waals surface area contributed by atoms with E-state index >= 15 is 0 Å². The maximum Gasteiger partial charge on any atom is 0.328 e. The third-order valence-electron chi connectivity index (χ3n) is 1.69. The Bertz CT molecular complexity index is 397. The largest absolute Gasteiger partial charge is 0.478 e. The summed E-state index contributed by atoms with van der Waals surface area (Å²) < 4.78 is 1.81. The van der Waals surface area contributed by atoms with Gasteiger partial charge in [-0.15, -0.1) is 0 Å². The van der Waals surface area contributed by atoms with Gasteiger partial charge in [-0.1, -0.05) is 31.9 Å². The molecule has 0 unspecified atom stereocenters. The van der Waals surface area contributed by atoms with E-state index in [-0.39, 0.29) is 0 Å². The molecule has 1 aromatic carbocycles. The van der Waals surface area contributed by atoms with Crippen molar-refractivity contribution in [2.45, 2.75) is 6.92 Å². The predicted molar refractivity (Wildman–Crippen MR) is 63.1 cm³/mol. The number of carboxylic acids is 1. The van der Waals surface area contributed by atoms with E-state index in [1.165, 1.54) is 6.08 Å². The van der Waals surface area contributed by atoms with Gasteiger partial charge in [-0.25, -0.2) is 4.79 Å². The zero-order chi connectivity index (χ0) is 10.7. The molecule has 0 aliphatic rings. The molecule has 1 N–H and O–H groups in total. The first-order valence-corrected chi connectivity index (χ1v) is 5.46. The first-order chi connectivity index (χ1) is 6.50. The number of hydrogen-bond acceptors (Lipinski definition) is 1. The van der Waals surface area contributed by atoms with Crippen LogP contribution in [0.1, 0.15) is 12.5 Å². The van der Waals surface area contributed by atoms with Gasteiger partial charge in [0.1, 0.15) is 0 Å². The van der Waals surface area contributed by atoms with Crippen LogP contribution in [-0.4, -0.2) is 11.1 Å². The summed E-state index contributed by atoms with van der Waals surface area (Å²) in [5, 5.41) is 8.60. The van der Waals surface area contributed by atoms with Crippen LogP contribution >= 0.6 is 31.9 Å². The van der Waals surface area contributed by atoms with Crippen LogP contribution in [0.2, 0.25) is 0 Å². The zero-order valence-corrected chi connectivity index (χ0v) is 10.6. The normalized spacial score (nSPS) is 11.5. The highest BCUT2D eigenvalue weighted by molar-refractivity contribution is 9.11. The fraction of sp³-hybridized carbons (Fsp3) is 0.100. The molecule has 0 radical (unpaired) electrons. The third kappa shape index (κ3) is 2.96. The molecule has 0 aromatic heterocycles. The number of rotatable bonds is 2. The van der Waals surface area contributed by atoms with Crippen LogP contribution in [0.4, 0.5) is 0 Å². The van der Waals surface area contributed by atoms with Gasteiger partial charge in [0.05, 0.1) is 0 Å². The van der Waals surface area contributed by atoms with E-state index in [0.717, 1.165) is 14.5 Å². The van der Waals surface area contributed by atoms with Gasteiger partial charge in [-0.05, 0) is 36.3 Å². The van der Waals surface area contributed by atoms with E-state index in [0.29, 0.717) is 5.57 Å². The van der Waals surface area contributed by atoms with Crippen molar-refractivity contribution >= 4 is 43.4 Å². The topological polar surface area (TPSA) is 37.3 Å². The lowest BCUT2D eigenvalue weighted by atomic mass is 10.1. The maximum atomic E-state index is 10.5. The van der Waals surface area contributed by atoms with Crippen LogP contribution in [0.15, 0.2) is 33.2 Å². The molecule has 74 valence electrons. The van der Waals surface area contributed by atoms with Gasteiger partial charge in [-0.2, -0.15) is 0 Å². The lowest BCUT2D eigenvalue weighted by molar-refractivity contribution is -0.131. The lowest BCUT2D eigenvalue weighted by Gasteiger charge is -2.04. The van der Waals surface area contributed by atoms with Gasteiger partial charge in [0.15, 0.2) is 0 Å². The minimum Gasteiger partial charge on any atom is -0.478 e. The summed E-state index contributed by atoms with van der Waals surface area (Å²) in [6, 6.07) is 5.64. The Morgan fingerprint density at radius 2 is 2.07 bits per heavy atom. The van der Waals surface area contributed by atoms with Crippen molar-refractivity contribution in [1.29, 1.82) is 0 Å². The molecular weight excluding hydrogens is 312 g/mol. The standard InChI is InChI=1S/C10H8Br2O2/c1-6(4-10(13)14)8-5-7(11)2-3-9(8)12/h2-5H,1H3,(H,13,14)/b6-4+. The Labute approximate surface area is 98.9 Å².